The van der Waals surface area contributed by atoms with Gasteiger partial charge in [-0.3, -0.25) is 0 Å². The maximum atomic E-state index is 7.15. The van der Waals surface area contributed by atoms with Gasteiger partial charge in [0.05, 0.1) is 0 Å². The highest BCUT2D eigenvalue weighted by Crippen LogP contribution is 2.63. The normalized spacial score (nSPS) is 14.8. The maximum Gasteiger partial charge on any atom is 0.144 e. The Kier molecular flexibility index (Phi) is 5.98. The van der Waals surface area contributed by atoms with Gasteiger partial charge in [0.25, 0.3) is 0 Å². The molecule has 1 nitrogen and oxygen atoms in total. The number of benzene rings is 9. The van der Waals surface area contributed by atoms with E-state index in [2.05, 4.69) is 185 Å². The lowest BCUT2D eigenvalue weighted by Gasteiger charge is -2.31. The number of furan rings is 1. The van der Waals surface area contributed by atoms with Crippen molar-refractivity contribution in [1.29, 1.82) is 0 Å². The molecule has 0 radical (unpaired) electrons. The van der Waals surface area contributed by atoms with Crippen LogP contribution in [-0.2, 0) is 10.8 Å². The lowest BCUT2D eigenvalue weighted by molar-refractivity contribution is 0.600. The average Bonchev–Trinajstić information content (AvgIpc) is 3.78. The van der Waals surface area contributed by atoms with Gasteiger partial charge in [0.1, 0.15) is 11.2 Å². The SMILES string of the molecule is CC1(C)c2cc(-c3c4ccccc4c(-c4ccccc4)c4ccccc34)ccc2-c2c1c1c(c3c2oc2cc4ccccc4cc23)-c2ccccc2C1(C)C. The minimum absolute atomic E-state index is 0.188. The second-order valence-corrected chi connectivity index (χ2v) is 16.8. The summed E-state index contributed by atoms with van der Waals surface area (Å²) < 4.78 is 7.15. The first-order chi connectivity index (χ1) is 26.8. The molecule has 1 heteroatoms. The van der Waals surface area contributed by atoms with Gasteiger partial charge in [0.2, 0.25) is 0 Å². The number of hydrogen-bond acceptors (Lipinski definition) is 1. The van der Waals surface area contributed by atoms with Crippen LogP contribution in [0.1, 0.15) is 49.9 Å². The molecular formula is C54H38O. The molecule has 0 saturated carbocycles. The molecule has 0 unspecified atom stereocenters. The first-order valence-corrected chi connectivity index (χ1v) is 19.5. The molecule has 2 aliphatic rings. The van der Waals surface area contributed by atoms with Crippen molar-refractivity contribution in [3.63, 3.8) is 0 Å². The topological polar surface area (TPSA) is 13.1 Å². The van der Waals surface area contributed by atoms with Crippen molar-refractivity contribution in [1.82, 2.24) is 0 Å². The molecule has 0 bridgehead atoms. The Bertz CT molecular complexity index is 3240. The van der Waals surface area contributed by atoms with Gasteiger partial charge in [0.15, 0.2) is 0 Å². The van der Waals surface area contributed by atoms with Gasteiger partial charge in [-0.15, -0.1) is 0 Å². The molecule has 55 heavy (non-hydrogen) atoms. The van der Waals surface area contributed by atoms with Crippen LogP contribution in [0.3, 0.4) is 0 Å². The Morgan fingerprint density at radius 2 is 0.909 bits per heavy atom. The summed E-state index contributed by atoms with van der Waals surface area (Å²) in [5.41, 5.74) is 17.4. The smallest absolute Gasteiger partial charge is 0.144 e. The van der Waals surface area contributed by atoms with Crippen LogP contribution >= 0.6 is 0 Å². The monoisotopic (exact) mass is 702 g/mol. The first-order valence-electron chi connectivity index (χ1n) is 19.5. The highest BCUT2D eigenvalue weighted by molar-refractivity contribution is 6.24. The lowest BCUT2D eigenvalue weighted by atomic mass is 9.72. The molecule has 0 aliphatic heterocycles. The Labute approximate surface area is 320 Å². The summed E-state index contributed by atoms with van der Waals surface area (Å²) in [7, 11) is 0. The van der Waals surface area contributed by atoms with Crippen LogP contribution in [-0.4, -0.2) is 0 Å². The van der Waals surface area contributed by atoms with Crippen LogP contribution in [0.5, 0.6) is 0 Å². The first kappa shape index (κ1) is 31.0. The van der Waals surface area contributed by atoms with E-state index in [4.69, 9.17) is 4.42 Å². The fourth-order valence-electron chi connectivity index (χ4n) is 10.8. The highest BCUT2D eigenvalue weighted by atomic mass is 16.3. The molecule has 0 N–H and O–H groups in total. The minimum Gasteiger partial charge on any atom is -0.455 e. The predicted molar refractivity (Wildman–Crippen MR) is 232 cm³/mol. The summed E-state index contributed by atoms with van der Waals surface area (Å²) in [5.74, 6) is 0. The third-order valence-electron chi connectivity index (χ3n) is 13.1. The van der Waals surface area contributed by atoms with Gasteiger partial charge in [-0.2, -0.15) is 0 Å². The van der Waals surface area contributed by atoms with Gasteiger partial charge < -0.3 is 4.42 Å². The lowest BCUT2D eigenvalue weighted by Crippen LogP contribution is -2.24. The third kappa shape index (κ3) is 3.93. The molecule has 1 heterocycles. The van der Waals surface area contributed by atoms with Crippen molar-refractivity contribution in [2.75, 3.05) is 0 Å². The van der Waals surface area contributed by atoms with Gasteiger partial charge >= 0.3 is 0 Å². The van der Waals surface area contributed by atoms with Gasteiger partial charge in [-0.1, -0.05) is 167 Å². The van der Waals surface area contributed by atoms with E-state index in [0.29, 0.717) is 0 Å². The van der Waals surface area contributed by atoms with Crippen LogP contribution < -0.4 is 0 Å². The number of hydrogen-bond donors (Lipinski definition) is 0. The Balaban J connectivity index is 1.19. The summed E-state index contributed by atoms with van der Waals surface area (Å²) in [6.07, 6.45) is 0. The Morgan fingerprint density at radius 3 is 1.60 bits per heavy atom. The molecule has 1 aromatic heterocycles. The minimum atomic E-state index is -0.280. The molecule has 12 rings (SSSR count). The van der Waals surface area contributed by atoms with Crippen molar-refractivity contribution in [3.8, 4) is 44.5 Å². The number of fused-ring (bicyclic) bond motifs is 15. The Morgan fingerprint density at radius 1 is 0.382 bits per heavy atom. The molecule has 9 aromatic carbocycles. The molecule has 0 spiro atoms. The molecule has 0 amide bonds. The molecule has 260 valence electrons. The van der Waals surface area contributed by atoms with Crippen LogP contribution in [0, 0.1) is 0 Å². The summed E-state index contributed by atoms with van der Waals surface area (Å²) >= 11 is 0. The standard InChI is InChI=1S/C54H38O/c1-53(2)42-25-15-14-24-39(42)47-48-41-28-32-18-8-9-19-33(32)30-44(41)55-52(48)49-40-27-26-34(29-43(40)54(3,4)51(49)50(47)53)46-37-22-12-10-20-35(37)45(31-16-6-5-7-17-31)36-21-11-13-23-38(36)46/h5-30H,1-4H3. The summed E-state index contributed by atoms with van der Waals surface area (Å²) in [6, 6.07) is 58.4. The molecule has 0 saturated heterocycles. The van der Waals surface area contributed by atoms with Gasteiger partial charge in [-0.05, 0) is 112 Å². The highest BCUT2D eigenvalue weighted by Gasteiger charge is 2.48. The zero-order chi connectivity index (χ0) is 36.8. The fourth-order valence-corrected chi connectivity index (χ4v) is 10.8. The van der Waals surface area contributed by atoms with Crippen molar-refractivity contribution < 1.29 is 4.42 Å². The van der Waals surface area contributed by atoms with Crippen LogP contribution in [0.15, 0.2) is 162 Å². The molecular weight excluding hydrogens is 665 g/mol. The van der Waals surface area contributed by atoms with Crippen LogP contribution in [0.4, 0.5) is 0 Å². The quantitative estimate of drug-likeness (QED) is 0.163. The van der Waals surface area contributed by atoms with Gasteiger partial charge in [-0.25, -0.2) is 0 Å². The fraction of sp³-hybridized carbons (Fsp3) is 0.111. The van der Waals surface area contributed by atoms with Crippen molar-refractivity contribution >= 4 is 54.3 Å². The zero-order valence-corrected chi connectivity index (χ0v) is 31.4. The van der Waals surface area contributed by atoms with Crippen molar-refractivity contribution in [3.05, 3.63) is 180 Å². The van der Waals surface area contributed by atoms with E-state index in [1.807, 2.05) is 0 Å². The average molecular weight is 703 g/mol. The second kappa shape index (κ2) is 10.6. The second-order valence-electron chi connectivity index (χ2n) is 16.8. The van der Waals surface area contributed by atoms with Gasteiger partial charge in [0, 0.05) is 27.2 Å². The largest absolute Gasteiger partial charge is 0.455 e. The third-order valence-corrected chi connectivity index (χ3v) is 13.1. The molecule has 0 atom stereocenters. The van der Waals surface area contributed by atoms with E-state index in [-0.39, 0.29) is 10.8 Å². The number of rotatable bonds is 2. The predicted octanol–water partition coefficient (Wildman–Crippen LogP) is 15.0. The van der Waals surface area contributed by atoms with E-state index in [1.54, 1.807) is 0 Å². The van der Waals surface area contributed by atoms with Crippen molar-refractivity contribution in [2.24, 2.45) is 0 Å². The summed E-state index contributed by atoms with van der Waals surface area (Å²) in [6.45, 7) is 9.74. The molecule has 0 fully saturated rings. The summed E-state index contributed by atoms with van der Waals surface area (Å²) in [4.78, 5) is 0. The zero-order valence-electron chi connectivity index (χ0n) is 31.4. The Hall–Kier alpha value is -6.44. The van der Waals surface area contributed by atoms with E-state index in [1.165, 1.54) is 110 Å². The molecule has 10 aromatic rings. The van der Waals surface area contributed by atoms with E-state index in [9.17, 15) is 0 Å². The van der Waals surface area contributed by atoms with E-state index >= 15 is 0 Å². The van der Waals surface area contributed by atoms with E-state index < -0.39 is 0 Å². The van der Waals surface area contributed by atoms with Crippen LogP contribution in [0.25, 0.3) is 98.8 Å². The van der Waals surface area contributed by atoms with Crippen molar-refractivity contribution in [2.45, 2.75) is 38.5 Å². The van der Waals surface area contributed by atoms with Crippen LogP contribution in [0.2, 0.25) is 0 Å². The molecule has 2 aliphatic carbocycles. The van der Waals surface area contributed by atoms with E-state index in [0.717, 1.165) is 11.2 Å². The summed E-state index contributed by atoms with van der Waals surface area (Å²) in [5, 5.41) is 9.98. The maximum absolute atomic E-state index is 7.15.